The Labute approximate surface area is 79.3 Å². The lowest BCUT2D eigenvalue weighted by Gasteiger charge is -2.05. The molecule has 1 rings (SSSR count). The highest BCUT2D eigenvalue weighted by Gasteiger charge is 2.26. The second-order valence-electron chi connectivity index (χ2n) is 2.58. The monoisotopic (exact) mass is 228 g/mol. The predicted molar refractivity (Wildman–Crippen MR) is 36.1 cm³/mol. The van der Waals surface area contributed by atoms with Gasteiger partial charge in [-0.25, -0.2) is 22.0 Å². The van der Waals surface area contributed by atoms with Gasteiger partial charge in [0.15, 0.2) is 23.3 Å². The molecule has 0 aliphatic rings. The van der Waals surface area contributed by atoms with Gasteiger partial charge in [-0.1, -0.05) is 0 Å². The van der Waals surface area contributed by atoms with Gasteiger partial charge in [0.25, 0.3) is 0 Å². The number of benzene rings is 1. The lowest BCUT2D eigenvalue weighted by Crippen LogP contribution is -2.09. The van der Waals surface area contributed by atoms with Crippen molar-refractivity contribution in [3.63, 3.8) is 0 Å². The maximum atomic E-state index is 12.7. The zero-order valence-corrected chi connectivity index (χ0v) is 6.88. The van der Waals surface area contributed by atoms with Crippen molar-refractivity contribution < 1.29 is 31.1 Å². The summed E-state index contributed by atoms with van der Waals surface area (Å²) >= 11 is 0. The normalized spacial score (nSPS) is 10.5. The van der Waals surface area contributed by atoms with Gasteiger partial charge in [0.05, 0.1) is 6.42 Å². The van der Waals surface area contributed by atoms with Crippen molar-refractivity contribution in [3.05, 3.63) is 34.6 Å². The number of hydrogen-bond acceptors (Lipinski definition) is 1. The van der Waals surface area contributed by atoms with Crippen LogP contribution in [0.2, 0.25) is 0 Å². The number of hydrogen-bond donors (Lipinski definition) is 0. The van der Waals surface area contributed by atoms with Crippen LogP contribution in [0.25, 0.3) is 0 Å². The lowest BCUT2D eigenvalue weighted by atomic mass is 10.1. The summed E-state index contributed by atoms with van der Waals surface area (Å²) in [6.07, 6.45) is -1.49. The highest BCUT2D eigenvalue weighted by Crippen LogP contribution is 2.23. The molecule has 0 atom stereocenters. The maximum absolute atomic E-state index is 12.7. The van der Waals surface area contributed by atoms with Gasteiger partial charge in [-0.3, -0.25) is 4.79 Å². The quantitative estimate of drug-likeness (QED) is 0.329. The van der Waals surface area contributed by atoms with Crippen LogP contribution in [0.4, 0.5) is 26.3 Å². The molecule has 0 heterocycles. The highest BCUT2D eigenvalue weighted by molar-refractivity contribution is 5.71. The molecule has 0 saturated heterocycles. The summed E-state index contributed by atoms with van der Waals surface area (Å²) in [5.74, 6) is -11.1. The van der Waals surface area contributed by atoms with Crippen LogP contribution in [0.15, 0.2) is 0 Å². The van der Waals surface area contributed by atoms with E-state index in [0.29, 0.717) is 0 Å². The van der Waals surface area contributed by atoms with E-state index in [9.17, 15) is 31.1 Å². The molecule has 82 valence electrons. The third-order valence-electron chi connectivity index (χ3n) is 1.62. The molecule has 0 spiro atoms. The average molecular weight is 228 g/mol. The Morgan fingerprint density at radius 2 is 1.13 bits per heavy atom. The third-order valence-corrected chi connectivity index (χ3v) is 1.62. The fourth-order valence-electron chi connectivity index (χ4n) is 0.945. The minimum absolute atomic E-state index is 1.47. The first-order valence-corrected chi connectivity index (χ1v) is 3.55. The molecular formula is C8H2F6O. The van der Waals surface area contributed by atoms with Crippen molar-refractivity contribution >= 4 is 6.04 Å². The zero-order chi connectivity index (χ0) is 11.7. The van der Waals surface area contributed by atoms with Crippen molar-refractivity contribution in [1.82, 2.24) is 0 Å². The Kier molecular flexibility index (Phi) is 3.01. The number of halogens is 6. The van der Waals surface area contributed by atoms with Crippen LogP contribution in [0.5, 0.6) is 0 Å². The molecule has 0 unspecified atom stereocenters. The first-order valence-electron chi connectivity index (χ1n) is 3.55. The Hall–Kier alpha value is -1.53. The van der Waals surface area contributed by atoms with E-state index in [-0.39, 0.29) is 0 Å². The molecule has 0 N–H and O–H groups in total. The van der Waals surface area contributed by atoms with E-state index in [0.717, 1.165) is 0 Å². The zero-order valence-electron chi connectivity index (χ0n) is 6.88. The van der Waals surface area contributed by atoms with Crippen molar-refractivity contribution in [3.8, 4) is 0 Å². The largest absolute Gasteiger partial charge is 0.306 e. The van der Waals surface area contributed by atoms with Gasteiger partial charge in [0.2, 0.25) is 5.82 Å². The highest BCUT2D eigenvalue weighted by atomic mass is 19.2. The number of rotatable bonds is 2. The van der Waals surface area contributed by atoms with Gasteiger partial charge < -0.3 is 0 Å². The van der Waals surface area contributed by atoms with E-state index in [1.165, 1.54) is 0 Å². The first-order chi connectivity index (χ1) is 6.86. The fourth-order valence-corrected chi connectivity index (χ4v) is 0.945. The van der Waals surface area contributed by atoms with Gasteiger partial charge in [0, 0.05) is 5.56 Å². The molecular weight excluding hydrogens is 226 g/mol. The van der Waals surface area contributed by atoms with Crippen molar-refractivity contribution in [2.75, 3.05) is 0 Å². The van der Waals surface area contributed by atoms with Crippen LogP contribution in [0.3, 0.4) is 0 Å². The molecule has 1 aromatic carbocycles. The number of carbonyl (C=O) groups excluding carboxylic acids is 1. The van der Waals surface area contributed by atoms with E-state index in [2.05, 4.69) is 0 Å². The fraction of sp³-hybridized carbons (Fsp3) is 0.125. The van der Waals surface area contributed by atoms with E-state index < -0.39 is 47.1 Å². The molecule has 0 amide bonds. The van der Waals surface area contributed by atoms with Crippen molar-refractivity contribution in [1.29, 1.82) is 0 Å². The second-order valence-corrected chi connectivity index (χ2v) is 2.58. The van der Waals surface area contributed by atoms with E-state index >= 15 is 0 Å². The third kappa shape index (κ3) is 1.95. The van der Waals surface area contributed by atoms with Crippen molar-refractivity contribution in [2.24, 2.45) is 0 Å². The second kappa shape index (κ2) is 3.92. The summed E-state index contributed by atoms with van der Waals surface area (Å²) < 4.78 is 74.6. The summed E-state index contributed by atoms with van der Waals surface area (Å²) in [5.41, 5.74) is -1.47. The summed E-state index contributed by atoms with van der Waals surface area (Å²) in [4.78, 5) is 9.89. The lowest BCUT2D eigenvalue weighted by molar-refractivity contribution is -0.128. The first kappa shape index (κ1) is 11.5. The Morgan fingerprint density at radius 1 is 0.800 bits per heavy atom. The molecule has 15 heavy (non-hydrogen) atoms. The standard InChI is InChI=1S/C8H2F6O/c9-3(15)1-2-4(10)6(12)8(14)7(13)5(2)11/h1H2. The minimum atomic E-state index is -2.35. The molecule has 1 nitrogen and oxygen atoms in total. The van der Waals surface area contributed by atoms with Crippen LogP contribution in [-0.2, 0) is 11.2 Å². The van der Waals surface area contributed by atoms with Crippen LogP contribution in [0, 0.1) is 29.1 Å². The molecule has 1 aromatic rings. The topological polar surface area (TPSA) is 17.1 Å². The molecule has 0 saturated carbocycles. The Balaban J connectivity index is 3.45. The number of carbonyl (C=O) groups is 1. The molecule has 0 fully saturated rings. The molecule has 0 aromatic heterocycles. The summed E-state index contributed by atoms with van der Waals surface area (Å²) in [7, 11) is 0. The summed E-state index contributed by atoms with van der Waals surface area (Å²) in [5, 5.41) is 0. The average Bonchev–Trinajstić information content (AvgIpc) is 2.18. The van der Waals surface area contributed by atoms with Gasteiger partial charge >= 0.3 is 6.04 Å². The smallest absolute Gasteiger partial charge is 0.261 e. The van der Waals surface area contributed by atoms with Crippen LogP contribution >= 0.6 is 0 Å². The van der Waals surface area contributed by atoms with E-state index in [1.54, 1.807) is 0 Å². The SMILES string of the molecule is O=C(F)Cc1c(F)c(F)c(F)c(F)c1F. The van der Waals surface area contributed by atoms with Gasteiger partial charge in [0.1, 0.15) is 0 Å². The molecule has 0 aliphatic heterocycles. The summed E-state index contributed by atoms with van der Waals surface area (Å²) in [6, 6.07) is -2.20. The van der Waals surface area contributed by atoms with Crippen LogP contribution < -0.4 is 0 Å². The maximum Gasteiger partial charge on any atom is 0.306 e. The van der Waals surface area contributed by atoms with Crippen molar-refractivity contribution in [2.45, 2.75) is 6.42 Å². The van der Waals surface area contributed by atoms with Crippen LogP contribution in [0.1, 0.15) is 5.56 Å². The molecule has 0 aliphatic carbocycles. The van der Waals surface area contributed by atoms with Gasteiger partial charge in [-0.15, -0.1) is 0 Å². The molecule has 0 bridgehead atoms. The van der Waals surface area contributed by atoms with Gasteiger partial charge in [-0.2, -0.15) is 4.39 Å². The Morgan fingerprint density at radius 3 is 1.47 bits per heavy atom. The summed E-state index contributed by atoms with van der Waals surface area (Å²) in [6.45, 7) is 0. The van der Waals surface area contributed by atoms with E-state index in [1.807, 2.05) is 0 Å². The molecule has 7 heteroatoms. The van der Waals surface area contributed by atoms with E-state index in [4.69, 9.17) is 0 Å². The van der Waals surface area contributed by atoms with Gasteiger partial charge in [-0.05, 0) is 0 Å². The van der Waals surface area contributed by atoms with Crippen LogP contribution in [-0.4, -0.2) is 6.04 Å². The molecule has 0 radical (unpaired) electrons. The minimum Gasteiger partial charge on any atom is -0.261 e. The predicted octanol–water partition coefficient (Wildman–Crippen LogP) is 2.42. The Bertz CT molecular complexity index is 399.